The van der Waals surface area contributed by atoms with Gasteiger partial charge in [-0.15, -0.1) is 0 Å². The first kappa shape index (κ1) is 18.8. The quantitative estimate of drug-likeness (QED) is 0.727. The largest absolute Gasteiger partial charge is 0.396 e. The maximum atomic E-state index is 9.38. The van der Waals surface area contributed by atoms with E-state index >= 15 is 0 Å². The van der Waals surface area contributed by atoms with Crippen LogP contribution in [0.5, 0.6) is 0 Å². The van der Waals surface area contributed by atoms with E-state index < -0.39 is 0 Å². The highest BCUT2D eigenvalue weighted by Gasteiger charge is 2.27. The minimum atomic E-state index is -0.343. The van der Waals surface area contributed by atoms with Crippen LogP contribution in [-0.2, 0) is 4.74 Å². The number of hydrogen-bond donors (Lipinski definition) is 3. The molecule has 2 aromatic rings. The molecular formula is C18H23ClN4O3. The average molecular weight is 379 g/mol. The molecule has 1 aromatic carbocycles. The molecule has 7 nitrogen and oxygen atoms in total. The van der Waals surface area contributed by atoms with Crippen LogP contribution < -0.4 is 10.6 Å². The Kier molecular flexibility index (Phi) is 6.26. The molecule has 1 unspecified atom stereocenters. The number of benzene rings is 1. The fourth-order valence-electron chi connectivity index (χ4n) is 3.17. The van der Waals surface area contributed by atoms with Gasteiger partial charge in [0.25, 0.3) is 0 Å². The van der Waals surface area contributed by atoms with E-state index in [9.17, 15) is 10.2 Å². The predicted molar refractivity (Wildman–Crippen MR) is 100 cm³/mol. The van der Waals surface area contributed by atoms with Gasteiger partial charge in [0.15, 0.2) is 0 Å². The Morgan fingerprint density at radius 3 is 2.81 bits per heavy atom. The van der Waals surface area contributed by atoms with Crippen molar-refractivity contribution in [3.8, 4) is 0 Å². The molecule has 140 valence electrons. The van der Waals surface area contributed by atoms with Crippen LogP contribution in [0, 0.1) is 0 Å². The number of aromatic nitrogens is 2. The van der Waals surface area contributed by atoms with E-state index in [1.165, 1.54) is 0 Å². The SMILES string of the molecule is Nc1nccc(N2CCCOCC2c2ccc(C(CO)CO)cc2Cl)n1. The minimum absolute atomic E-state index is 0.116. The highest BCUT2D eigenvalue weighted by molar-refractivity contribution is 6.31. The van der Waals surface area contributed by atoms with E-state index in [0.717, 1.165) is 29.9 Å². The lowest BCUT2D eigenvalue weighted by Gasteiger charge is -2.31. The number of halogens is 1. The van der Waals surface area contributed by atoms with Crippen molar-refractivity contribution in [3.05, 3.63) is 46.6 Å². The van der Waals surface area contributed by atoms with Gasteiger partial charge in [-0.05, 0) is 29.7 Å². The first-order chi connectivity index (χ1) is 12.6. The Balaban J connectivity index is 1.96. The van der Waals surface area contributed by atoms with Gasteiger partial charge in [-0.2, -0.15) is 4.98 Å². The zero-order valence-electron chi connectivity index (χ0n) is 14.4. The van der Waals surface area contributed by atoms with Gasteiger partial charge < -0.3 is 25.6 Å². The fraction of sp³-hybridized carbons (Fsp3) is 0.444. The number of ether oxygens (including phenoxy) is 1. The van der Waals surface area contributed by atoms with E-state index in [1.807, 2.05) is 18.2 Å². The molecule has 0 bridgehead atoms. The molecule has 0 amide bonds. The first-order valence-electron chi connectivity index (χ1n) is 8.58. The van der Waals surface area contributed by atoms with Crippen LogP contribution in [0.1, 0.15) is 29.5 Å². The van der Waals surface area contributed by atoms with E-state index in [2.05, 4.69) is 14.9 Å². The maximum absolute atomic E-state index is 9.38. The van der Waals surface area contributed by atoms with Gasteiger partial charge in [-0.25, -0.2) is 4.98 Å². The van der Waals surface area contributed by atoms with Gasteiger partial charge in [0.05, 0.1) is 25.9 Å². The van der Waals surface area contributed by atoms with Crippen molar-refractivity contribution in [1.82, 2.24) is 9.97 Å². The summed E-state index contributed by atoms with van der Waals surface area (Å²) in [7, 11) is 0. The molecule has 0 radical (unpaired) electrons. The minimum Gasteiger partial charge on any atom is -0.396 e. The highest BCUT2D eigenvalue weighted by atomic mass is 35.5. The van der Waals surface area contributed by atoms with Crippen LogP contribution in [0.15, 0.2) is 30.5 Å². The second-order valence-electron chi connectivity index (χ2n) is 6.25. The van der Waals surface area contributed by atoms with E-state index in [4.69, 9.17) is 22.1 Å². The molecule has 1 aromatic heterocycles. The summed E-state index contributed by atoms with van der Waals surface area (Å²) < 4.78 is 5.76. The first-order valence-corrected chi connectivity index (χ1v) is 8.95. The van der Waals surface area contributed by atoms with Gasteiger partial charge >= 0.3 is 0 Å². The monoisotopic (exact) mass is 378 g/mol. The lowest BCUT2D eigenvalue weighted by molar-refractivity contribution is 0.134. The summed E-state index contributed by atoms with van der Waals surface area (Å²) in [4.78, 5) is 10.4. The molecule has 0 spiro atoms. The summed E-state index contributed by atoms with van der Waals surface area (Å²) >= 11 is 6.56. The summed E-state index contributed by atoms with van der Waals surface area (Å²) in [5.41, 5.74) is 7.46. The highest BCUT2D eigenvalue weighted by Crippen LogP contribution is 2.34. The molecule has 1 atom stereocenters. The van der Waals surface area contributed by atoms with Gasteiger partial charge in [-0.3, -0.25) is 0 Å². The van der Waals surface area contributed by atoms with E-state index in [1.54, 1.807) is 12.3 Å². The molecule has 1 aliphatic heterocycles. The molecule has 4 N–H and O–H groups in total. The Morgan fingerprint density at radius 2 is 2.12 bits per heavy atom. The Morgan fingerprint density at radius 1 is 1.31 bits per heavy atom. The number of nitrogens with two attached hydrogens (primary N) is 1. The second kappa shape index (κ2) is 8.64. The summed E-state index contributed by atoms with van der Waals surface area (Å²) in [6.07, 6.45) is 2.51. The number of anilines is 2. The van der Waals surface area contributed by atoms with Gasteiger partial charge in [0, 0.05) is 30.3 Å². The normalized spacial score (nSPS) is 18.2. The summed E-state index contributed by atoms with van der Waals surface area (Å²) in [5.74, 6) is 0.614. The van der Waals surface area contributed by atoms with Crippen LogP contribution in [0.3, 0.4) is 0 Å². The van der Waals surface area contributed by atoms with Crippen molar-refractivity contribution >= 4 is 23.4 Å². The molecule has 1 aliphatic rings. The number of nitrogen functional groups attached to an aromatic ring is 1. The number of rotatable bonds is 5. The summed E-state index contributed by atoms with van der Waals surface area (Å²) in [5, 5.41) is 19.3. The third-order valence-corrected chi connectivity index (χ3v) is 4.92. The summed E-state index contributed by atoms with van der Waals surface area (Å²) in [6.45, 7) is 1.64. The van der Waals surface area contributed by atoms with Crippen molar-refractivity contribution in [2.75, 3.05) is 43.6 Å². The average Bonchev–Trinajstić information content (AvgIpc) is 2.89. The van der Waals surface area contributed by atoms with E-state index in [-0.39, 0.29) is 31.1 Å². The molecule has 1 fully saturated rings. The van der Waals surface area contributed by atoms with Gasteiger partial charge in [-0.1, -0.05) is 23.7 Å². The molecule has 2 heterocycles. The van der Waals surface area contributed by atoms with Crippen molar-refractivity contribution in [1.29, 1.82) is 0 Å². The van der Waals surface area contributed by atoms with Crippen molar-refractivity contribution in [2.45, 2.75) is 18.4 Å². The standard InChI is InChI=1S/C18H23ClN4O3/c19-15-8-12(13(9-24)10-25)2-3-14(15)16-11-26-7-1-6-23(16)17-4-5-21-18(20)22-17/h2-5,8,13,16,24-25H,1,6-7,9-11H2,(H2,20,21,22). The Bertz CT molecular complexity index is 742. The third kappa shape index (κ3) is 4.07. The molecular weight excluding hydrogens is 356 g/mol. The maximum Gasteiger partial charge on any atom is 0.221 e. The van der Waals surface area contributed by atoms with Crippen LogP contribution >= 0.6 is 11.6 Å². The molecule has 1 saturated heterocycles. The number of nitrogens with zero attached hydrogens (tertiary/aromatic N) is 3. The number of hydrogen-bond acceptors (Lipinski definition) is 7. The zero-order chi connectivity index (χ0) is 18.5. The van der Waals surface area contributed by atoms with Gasteiger partial charge in [0.2, 0.25) is 5.95 Å². The smallest absolute Gasteiger partial charge is 0.221 e. The van der Waals surface area contributed by atoms with Crippen LogP contribution in [0.2, 0.25) is 5.02 Å². The number of aliphatic hydroxyl groups is 2. The zero-order valence-corrected chi connectivity index (χ0v) is 15.1. The van der Waals surface area contributed by atoms with E-state index in [0.29, 0.717) is 18.2 Å². The fourth-order valence-corrected chi connectivity index (χ4v) is 3.48. The lowest BCUT2D eigenvalue weighted by Crippen LogP contribution is -2.31. The second-order valence-corrected chi connectivity index (χ2v) is 6.66. The third-order valence-electron chi connectivity index (χ3n) is 4.59. The van der Waals surface area contributed by atoms with Crippen molar-refractivity contribution in [3.63, 3.8) is 0 Å². The van der Waals surface area contributed by atoms with Crippen LogP contribution in [-0.4, -0.2) is 53.2 Å². The van der Waals surface area contributed by atoms with Crippen LogP contribution in [0.25, 0.3) is 0 Å². The Labute approximate surface area is 157 Å². The molecule has 26 heavy (non-hydrogen) atoms. The molecule has 0 saturated carbocycles. The molecule has 0 aliphatic carbocycles. The lowest BCUT2D eigenvalue weighted by atomic mass is 9.97. The van der Waals surface area contributed by atoms with Crippen LogP contribution in [0.4, 0.5) is 11.8 Å². The van der Waals surface area contributed by atoms with Gasteiger partial charge in [0.1, 0.15) is 5.82 Å². The summed E-state index contributed by atoms with van der Waals surface area (Å²) in [6, 6.07) is 7.31. The molecule has 8 heteroatoms. The molecule has 3 rings (SSSR count). The predicted octanol–water partition coefficient (Wildman–Crippen LogP) is 1.75. The number of aliphatic hydroxyl groups excluding tert-OH is 2. The topological polar surface area (TPSA) is 105 Å². The van der Waals surface area contributed by atoms with Crippen molar-refractivity contribution < 1.29 is 14.9 Å². The van der Waals surface area contributed by atoms with Crippen molar-refractivity contribution in [2.24, 2.45) is 0 Å². The Hall–Kier alpha value is -1.93.